The zero-order valence-corrected chi connectivity index (χ0v) is 16.0. The zero-order chi connectivity index (χ0) is 18.4. The molecule has 2 heterocycles. The Morgan fingerprint density at radius 1 is 1.24 bits per heavy atom. The van der Waals surface area contributed by atoms with Gasteiger partial charge in [-0.15, -0.1) is 0 Å². The predicted molar refractivity (Wildman–Crippen MR) is 95.9 cm³/mol. The van der Waals surface area contributed by atoms with Crippen LogP contribution >= 0.6 is 0 Å². The third kappa shape index (κ3) is 4.49. The Morgan fingerprint density at radius 2 is 1.88 bits per heavy atom. The van der Waals surface area contributed by atoms with E-state index in [9.17, 15) is 13.2 Å². The summed E-state index contributed by atoms with van der Waals surface area (Å²) < 4.78 is 31.5. The molecule has 1 aliphatic rings. The Labute approximate surface area is 150 Å². The van der Waals surface area contributed by atoms with Crippen molar-refractivity contribution in [1.29, 1.82) is 0 Å². The molecule has 8 heteroatoms. The molecular formula is C17H27N3O4S. The van der Waals surface area contributed by atoms with Crippen LogP contribution in [0.2, 0.25) is 0 Å². The van der Waals surface area contributed by atoms with Crippen LogP contribution < -0.4 is 4.90 Å². The first kappa shape index (κ1) is 19.7. The minimum atomic E-state index is -3.48. The Hall–Kier alpha value is -1.67. The Morgan fingerprint density at radius 3 is 2.36 bits per heavy atom. The van der Waals surface area contributed by atoms with Crippen LogP contribution in [0.5, 0.6) is 0 Å². The van der Waals surface area contributed by atoms with Gasteiger partial charge in [0.2, 0.25) is 10.0 Å². The second-order valence-corrected chi connectivity index (χ2v) is 7.89. The third-order valence-corrected chi connectivity index (χ3v) is 6.54. The van der Waals surface area contributed by atoms with Gasteiger partial charge in [0, 0.05) is 32.4 Å². The van der Waals surface area contributed by atoms with Crippen molar-refractivity contribution in [3.8, 4) is 0 Å². The van der Waals surface area contributed by atoms with E-state index in [4.69, 9.17) is 4.74 Å². The van der Waals surface area contributed by atoms with E-state index in [1.54, 1.807) is 12.1 Å². The van der Waals surface area contributed by atoms with Gasteiger partial charge in [-0.2, -0.15) is 4.31 Å². The summed E-state index contributed by atoms with van der Waals surface area (Å²) in [5, 5.41) is 0. The zero-order valence-electron chi connectivity index (χ0n) is 15.1. The minimum Gasteiger partial charge on any atom is -0.466 e. The number of hydrogen-bond acceptors (Lipinski definition) is 6. The molecule has 2 rings (SSSR count). The SMILES string of the molecule is CCOC(=O)C1CCN(c2ccc(S(=O)(=O)N(CC)CC)cn2)CC1. The van der Waals surface area contributed by atoms with Crippen LogP contribution in [0.25, 0.3) is 0 Å². The van der Waals surface area contributed by atoms with E-state index < -0.39 is 10.0 Å². The average Bonchev–Trinajstić information content (AvgIpc) is 2.63. The number of carbonyl (C=O) groups is 1. The van der Waals surface area contributed by atoms with E-state index in [1.807, 2.05) is 20.8 Å². The van der Waals surface area contributed by atoms with Gasteiger partial charge in [-0.1, -0.05) is 13.8 Å². The van der Waals surface area contributed by atoms with Crippen LogP contribution in [0.4, 0.5) is 5.82 Å². The largest absolute Gasteiger partial charge is 0.466 e. The van der Waals surface area contributed by atoms with Crippen molar-refractivity contribution in [1.82, 2.24) is 9.29 Å². The average molecular weight is 369 g/mol. The van der Waals surface area contributed by atoms with Crippen LogP contribution in [-0.4, -0.2) is 56.5 Å². The number of piperidine rings is 1. The lowest BCUT2D eigenvalue weighted by molar-refractivity contribution is -0.148. The molecule has 0 N–H and O–H groups in total. The van der Waals surface area contributed by atoms with Gasteiger partial charge < -0.3 is 9.64 Å². The van der Waals surface area contributed by atoms with Crippen LogP contribution in [0.3, 0.4) is 0 Å². The molecule has 1 saturated heterocycles. The van der Waals surface area contributed by atoms with Gasteiger partial charge in [-0.3, -0.25) is 4.79 Å². The normalized spacial score (nSPS) is 16.2. The summed E-state index contributed by atoms with van der Waals surface area (Å²) in [4.78, 5) is 18.4. The first-order valence-electron chi connectivity index (χ1n) is 8.81. The first-order chi connectivity index (χ1) is 11.9. The number of esters is 1. The fourth-order valence-electron chi connectivity index (χ4n) is 3.03. The smallest absolute Gasteiger partial charge is 0.309 e. The number of carbonyl (C=O) groups excluding carboxylic acids is 1. The first-order valence-corrected chi connectivity index (χ1v) is 10.3. The maximum absolute atomic E-state index is 12.5. The molecule has 0 saturated carbocycles. The summed E-state index contributed by atoms with van der Waals surface area (Å²) >= 11 is 0. The van der Waals surface area contributed by atoms with Crippen LogP contribution in [0, 0.1) is 5.92 Å². The Kier molecular flexibility index (Phi) is 6.78. The highest BCUT2D eigenvalue weighted by Crippen LogP contribution is 2.24. The number of sulfonamides is 1. The van der Waals surface area contributed by atoms with Gasteiger partial charge in [-0.25, -0.2) is 13.4 Å². The lowest BCUT2D eigenvalue weighted by Gasteiger charge is -2.31. The highest BCUT2D eigenvalue weighted by atomic mass is 32.2. The van der Waals surface area contributed by atoms with Gasteiger partial charge in [0.15, 0.2) is 0 Å². The molecule has 1 aromatic rings. The highest BCUT2D eigenvalue weighted by Gasteiger charge is 2.27. The molecule has 1 aliphatic heterocycles. The van der Waals surface area contributed by atoms with Crippen LogP contribution in [0.1, 0.15) is 33.6 Å². The summed E-state index contributed by atoms with van der Waals surface area (Å²) in [5.41, 5.74) is 0. The van der Waals surface area contributed by atoms with E-state index in [0.29, 0.717) is 32.8 Å². The molecule has 0 aromatic carbocycles. The number of anilines is 1. The summed E-state index contributed by atoms with van der Waals surface area (Å²) in [7, 11) is -3.48. The highest BCUT2D eigenvalue weighted by molar-refractivity contribution is 7.89. The van der Waals surface area contributed by atoms with Crippen molar-refractivity contribution in [3.63, 3.8) is 0 Å². The molecule has 0 radical (unpaired) electrons. The number of aromatic nitrogens is 1. The van der Waals surface area contributed by atoms with Gasteiger partial charge in [-0.05, 0) is 31.9 Å². The molecule has 1 aromatic heterocycles. The standard InChI is InChI=1S/C17H27N3O4S/c1-4-20(5-2)25(22,23)15-7-8-16(18-13-15)19-11-9-14(10-12-19)17(21)24-6-3/h7-8,13-14H,4-6,9-12H2,1-3H3. The van der Waals surface area contributed by atoms with E-state index in [-0.39, 0.29) is 16.8 Å². The van der Waals surface area contributed by atoms with Crippen molar-refractivity contribution in [2.45, 2.75) is 38.5 Å². The topological polar surface area (TPSA) is 79.8 Å². The van der Waals surface area contributed by atoms with Crippen molar-refractivity contribution >= 4 is 21.8 Å². The number of rotatable bonds is 7. The second kappa shape index (κ2) is 8.62. The maximum Gasteiger partial charge on any atom is 0.309 e. The molecule has 1 fully saturated rings. The summed E-state index contributed by atoms with van der Waals surface area (Å²) in [5.74, 6) is 0.551. The lowest BCUT2D eigenvalue weighted by Crippen LogP contribution is -2.37. The summed E-state index contributed by atoms with van der Waals surface area (Å²) in [6.45, 7) is 8.13. The summed E-state index contributed by atoms with van der Waals surface area (Å²) in [6, 6.07) is 3.34. The van der Waals surface area contributed by atoms with Gasteiger partial charge >= 0.3 is 5.97 Å². The number of ether oxygens (including phenoxy) is 1. The molecule has 0 unspecified atom stereocenters. The molecule has 0 amide bonds. The fraction of sp³-hybridized carbons (Fsp3) is 0.647. The monoisotopic (exact) mass is 369 g/mol. The third-order valence-electron chi connectivity index (χ3n) is 4.50. The van der Waals surface area contributed by atoms with Crippen LogP contribution in [0.15, 0.2) is 23.2 Å². The molecule has 7 nitrogen and oxygen atoms in total. The number of pyridine rings is 1. The van der Waals surface area contributed by atoms with Gasteiger partial charge in [0.1, 0.15) is 10.7 Å². The second-order valence-electron chi connectivity index (χ2n) is 5.95. The van der Waals surface area contributed by atoms with E-state index >= 15 is 0 Å². The quantitative estimate of drug-likeness (QED) is 0.683. The molecular weight excluding hydrogens is 342 g/mol. The minimum absolute atomic E-state index is 0.0569. The van der Waals surface area contributed by atoms with E-state index in [0.717, 1.165) is 18.7 Å². The fourth-order valence-corrected chi connectivity index (χ4v) is 4.43. The molecule has 25 heavy (non-hydrogen) atoms. The van der Waals surface area contributed by atoms with Gasteiger partial charge in [0.25, 0.3) is 0 Å². The van der Waals surface area contributed by atoms with Crippen molar-refractivity contribution in [2.24, 2.45) is 5.92 Å². The maximum atomic E-state index is 12.5. The Bertz CT molecular complexity index is 664. The number of hydrogen-bond donors (Lipinski definition) is 0. The van der Waals surface area contributed by atoms with Crippen molar-refractivity contribution in [3.05, 3.63) is 18.3 Å². The van der Waals surface area contributed by atoms with Crippen molar-refractivity contribution in [2.75, 3.05) is 37.7 Å². The van der Waals surface area contributed by atoms with Crippen LogP contribution in [-0.2, 0) is 19.6 Å². The van der Waals surface area contributed by atoms with Gasteiger partial charge in [0.05, 0.1) is 12.5 Å². The lowest BCUT2D eigenvalue weighted by atomic mass is 9.97. The van der Waals surface area contributed by atoms with E-state index in [2.05, 4.69) is 9.88 Å². The predicted octanol–water partition coefficient (Wildman–Crippen LogP) is 1.89. The molecule has 0 bridgehead atoms. The molecule has 140 valence electrons. The molecule has 0 spiro atoms. The van der Waals surface area contributed by atoms with Crippen molar-refractivity contribution < 1.29 is 17.9 Å². The van der Waals surface area contributed by atoms with E-state index in [1.165, 1.54) is 10.5 Å². The molecule has 0 aliphatic carbocycles. The number of nitrogens with zero attached hydrogens (tertiary/aromatic N) is 3. The Balaban J connectivity index is 2.03. The molecule has 0 atom stereocenters. The summed E-state index contributed by atoms with van der Waals surface area (Å²) in [6.07, 6.45) is 2.86.